The molecule has 0 aliphatic carbocycles. The number of aliphatic hydroxyl groups is 1. The maximum absolute atomic E-state index is 12.5. The number of aromatic amines is 1. The zero-order valence-corrected chi connectivity index (χ0v) is 13.5. The van der Waals surface area contributed by atoms with Crippen LogP contribution in [-0.4, -0.2) is 69.8 Å². The monoisotopic (exact) mass is 318 g/mol. The number of rotatable bonds is 4. The van der Waals surface area contributed by atoms with E-state index in [1.807, 2.05) is 19.1 Å². The Hall–Kier alpha value is -2.12. The highest BCUT2D eigenvalue weighted by molar-refractivity contribution is 5.93. The minimum Gasteiger partial charge on any atom is -0.460 e. The lowest BCUT2D eigenvalue weighted by atomic mass is 10.2. The number of aliphatic hydroxyl groups excluding tert-OH is 1. The van der Waals surface area contributed by atoms with Gasteiger partial charge in [0.1, 0.15) is 11.5 Å². The van der Waals surface area contributed by atoms with E-state index in [1.165, 1.54) is 0 Å². The van der Waals surface area contributed by atoms with Crippen LogP contribution in [0.5, 0.6) is 0 Å². The normalized spacial score (nSPS) is 17.4. The van der Waals surface area contributed by atoms with Crippen molar-refractivity contribution in [1.82, 2.24) is 20.0 Å². The van der Waals surface area contributed by atoms with Crippen molar-refractivity contribution in [1.29, 1.82) is 0 Å². The van der Waals surface area contributed by atoms with Crippen molar-refractivity contribution in [2.75, 3.05) is 32.7 Å². The van der Waals surface area contributed by atoms with E-state index in [4.69, 9.17) is 4.42 Å². The molecule has 0 aromatic carbocycles. The van der Waals surface area contributed by atoms with E-state index in [0.717, 1.165) is 18.8 Å². The van der Waals surface area contributed by atoms with Crippen molar-refractivity contribution >= 4 is 5.91 Å². The average molecular weight is 318 g/mol. The molecule has 1 saturated heterocycles. The van der Waals surface area contributed by atoms with Crippen LogP contribution in [0, 0.1) is 6.92 Å². The van der Waals surface area contributed by atoms with Gasteiger partial charge >= 0.3 is 0 Å². The first kappa shape index (κ1) is 15.8. The molecule has 1 aliphatic heterocycles. The maximum atomic E-state index is 12.5. The number of aryl methyl sites for hydroxylation is 1. The Morgan fingerprint density at radius 3 is 2.74 bits per heavy atom. The summed E-state index contributed by atoms with van der Waals surface area (Å²) in [7, 11) is 0. The number of hydrogen-bond acceptors (Lipinski definition) is 5. The lowest BCUT2D eigenvalue weighted by Gasteiger charge is -2.34. The Morgan fingerprint density at radius 1 is 1.39 bits per heavy atom. The fraction of sp³-hybridized carbons (Fsp3) is 0.500. The summed E-state index contributed by atoms with van der Waals surface area (Å²) in [5, 5.41) is 16.4. The number of H-pyrrole nitrogens is 1. The third-order valence-electron chi connectivity index (χ3n) is 3.98. The molecule has 0 spiro atoms. The minimum atomic E-state index is -0.345. The van der Waals surface area contributed by atoms with Crippen LogP contribution >= 0.6 is 0 Å². The Balaban J connectivity index is 1.62. The molecule has 2 aromatic rings. The van der Waals surface area contributed by atoms with Crippen LogP contribution in [-0.2, 0) is 0 Å². The van der Waals surface area contributed by atoms with Gasteiger partial charge in [-0.1, -0.05) is 0 Å². The quantitative estimate of drug-likeness (QED) is 0.882. The van der Waals surface area contributed by atoms with Gasteiger partial charge in [0.25, 0.3) is 5.91 Å². The van der Waals surface area contributed by atoms with Gasteiger partial charge in [-0.05, 0) is 26.0 Å². The molecule has 7 heteroatoms. The van der Waals surface area contributed by atoms with Gasteiger partial charge in [0, 0.05) is 38.8 Å². The summed E-state index contributed by atoms with van der Waals surface area (Å²) in [6, 6.07) is 5.45. The third kappa shape index (κ3) is 3.62. The number of hydrogen-bond donors (Lipinski definition) is 2. The number of amides is 1. The van der Waals surface area contributed by atoms with Crippen LogP contribution in [0.3, 0.4) is 0 Å². The number of furan rings is 1. The molecule has 1 atom stereocenters. The lowest BCUT2D eigenvalue weighted by molar-refractivity contribution is 0.0549. The zero-order valence-electron chi connectivity index (χ0n) is 13.5. The summed E-state index contributed by atoms with van der Waals surface area (Å²) in [4.78, 5) is 16.5. The van der Waals surface area contributed by atoms with Crippen LogP contribution < -0.4 is 0 Å². The summed E-state index contributed by atoms with van der Waals surface area (Å²) >= 11 is 0. The van der Waals surface area contributed by atoms with Gasteiger partial charge in [0.15, 0.2) is 11.5 Å². The number of aromatic nitrogens is 2. The molecule has 2 aromatic heterocycles. The highest BCUT2D eigenvalue weighted by atomic mass is 16.3. The smallest absolute Gasteiger partial charge is 0.274 e. The standard InChI is InChI=1S/C16H22N4O3/c1-11(21)10-19-5-7-20(8-6-19)16(22)14-9-13(17-18-14)15-4-3-12(2)23-15/h3-4,9,11,21H,5-8,10H2,1-2H3,(H,17,18)/t11-/m1/s1. The van der Waals surface area contributed by atoms with Crippen LogP contribution in [0.15, 0.2) is 22.6 Å². The van der Waals surface area contributed by atoms with Crippen molar-refractivity contribution in [3.05, 3.63) is 29.7 Å². The number of nitrogens with one attached hydrogen (secondary N) is 1. The molecule has 2 N–H and O–H groups in total. The van der Waals surface area contributed by atoms with Gasteiger partial charge < -0.3 is 14.4 Å². The number of nitrogens with zero attached hydrogens (tertiary/aromatic N) is 3. The molecule has 124 valence electrons. The number of carbonyl (C=O) groups excluding carboxylic acids is 1. The van der Waals surface area contributed by atoms with Crippen molar-refractivity contribution < 1.29 is 14.3 Å². The molecule has 0 bridgehead atoms. The van der Waals surface area contributed by atoms with E-state index >= 15 is 0 Å². The molecule has 23 heavy (non-hydrogen) atoms. The average Bonchev–Trinajstić information content (AvgIpc) is 3.15. The second-order valence-corrected chi connectivity index (χ2v) is 6.02. The van der Waals surface area contributed by atoms with Gasteiger partial charge in [-0.2, -0.15) is 5.10 Å². The first-order valence-electron chi connectivity index (χ1n) is 7.85. The van der Waals surface area contributed by atoms with E-state index in [0.29, 0.717) is 36.8 Å². The second kappa shape index (κ2) is 6.55. The van der Waals surface area contributed by atoms with Crippen molar-refractivity contribution in [3.8, 4) is 11.5 Å². The third-order valence-corrected chi connectivity index (χ3v) is 3.98. The fourth-order valence-corrected chi connectivity index (χ4v) is 2.81. The number of carbonyl (C=O) groups is 1. The van der Waals surface area contributed by atoms with Gasteiger partial charge in [-0.3, -0.25) is 14.8 Å². The van der Waals surface area contributed by atoms with Gasteiger partial charge in [0.2, 0.25) is 0 Å². The second-order valence-electron chi connectivity index (χ2n) is 6.02. The molecule has 0 saturated carbocycles. The molecule has 3 rings (SSSR count). The maximum Gasteiger partial charge on any atom is 0.274 e. The SMILES string of the molecule is Cc1ccc(-c2cc(C(=O)N3CCN(C[C@@H](C)O)CC3)n[nH]2)o1. The number of piperazine rings is 1. The van der Waals surface area contributed by atoms with Crippen molar-refractivity contribution in [3.63, 3.8) is 0 Å². The van der Waals surface area contributed by atoms with E-state index in [9.17, 15) is 9.90 Å². The summed E-state index contributed by atoms with van der Waals surface area (Å²) < 4.78 is 5.53. The van der Waals surface area contributed by atoms with Crippen LogP contribution in [0.2, 0.25) is 0 Å². The van der Waals surface area contributed by atoms with Crippen LogP contribution in [0.25, 0.3) is 11.5 Å². The van der Waals surface area contributed by atoms with E-state index < -0.39 is 0 Å². The number of β-amino-alcohol motifs (C(OH)–C–C–N with tert-alkyl or cyclic N) is 1. The minimum absolute atomic E-state index is 0.0764. The topological polar surface area (TPSA) is 85.6 Å². The van der Waals surface area contributed by atoms with E-state index in [1.54, 1.807) is 17.9 Å². The molecular weight excluding hydrogens is 296 g/mol. The Morgan fingerprint density at radius 2 is 2.13 bits per heavy atom. The fourth-order valence-electron chi connectivity index (χ4n) is 2.81. The van der Waals surface area contributed by atoms with E-state index in [-0.39, 0.29) is 12.0 Å². The van der Waals surface area contributed by atoms with Gasteiger partial charge in [0.05, 0.1) is 6.10 Å². The largest absolute Gasteiger partial charge is 0.460 e. The Labute approximate surface area is 134 Å². The summed E-state index contributed by atoms with van der Waals surface area (Å²) in [6.07, 6.45) is -0.345. The summed E-state index contributed by atoms with van der Waals surface area (Å²) in [6.45, 7) is 7.13. The van der Waals surface area contributed by atoms with Gasteiger partial charge in [-0.15, -0.1) is 0 Å². The highest BCUT2D eigenvalue weighted by Crippen LogP contribution is 2.21. The van der Waals surface area contributed by atoms with Crippen LogP contribution in [0.4, 0.5) is 0 Å². The first-order chi connectivity index (χ1) is 11.0. The summed E-state index contributed by atoms with van der Waals surface area (Å²) in [5.41, 5.74) is 1.10. The zero-order chi connectivity index (χ0) is 16.4. The van der Waals surface area contributed by atoms with Crippen molar-refractivity contribution in [2.24, 2.45) is 0 Å². The molecule has 1 fully saturated rings. The molecule has 1 aliphatic rings. The summed E-state index contributed by atoms with van der Waals surface area (Å²) in [5.74, 6) is 1.42. The van der Waals surface area contributed by atoms with Gasteiger partial charge in [-0.25, -0.2) is 0 Å². The highest BCUT2D eigenvalue weighted by Gasteiger charge is 2.24. The first-order valence-corrected chi connectivity index (χ1v) is 7.85. The predicted octanol–water partition coefficient (Wildman–Crippen LogP) is 1.12. The Kier molecular flexibility index (Phi) is 4.49. The molecule has 1 amide bonds. The molecule has 0 radical (unpaired) electrons. The molecule has 7 nitrogen and oxygen atoms in total. The lowest BCUT2D eigenvalue weighted by Crippen LogP contribution is -2.50. The van der Waals surface area contributed by atoms with Crippen LogP contribution in [0.1, 0.15) is 23.2 Å². The predicted molar refractivity (Wildman–Crippen MR) is 85.1 cm³/mol. The van der Waals surface area contributed by atoms with E-state index in [2.05, 4.69) is 15.1 Å². The molecule has 3 heterocycles. The Bertz CT molecular complexity index is 668. The van der Waals surface area contributed by atoms with Crippen molar-refractivity contribution in [2.45, 2.75) is 20.0 Å². The molecular formula is C16H22N4O3. The molecule has 0 unspecified atom stereocenters.